The Labute approximate surface area is 136 Å². The number of hydrogen-bond acceptors (Lipinski definition) is 4. The average Bonchev–Trinajstić information content (AvgIpc) is 3.08. The monoisotopic (exact) mass is 311 g/mol. The van der Waals surface area contributed by atoms with Crippen LogP contribution in [-0.4, -0.2) is 40.0 Å². The number of nitrogens with zero attached hydrogens (tertiary/aromatic N) is 3. The summed E-state index contributed by atoms with van der Waals surface area (Å²) in [5.74, 6) is -0.0256. The Hall–Kier alpha value is -2.27. The number of pyridine rings is 2. The van der Waals surface area contributed by atoms with Crippen LogP contribution >= 0.6 is 0 Å². The molecule has 1 amide bonds. The number of carbonyl (C=O) groups excluding carboxylic acids is 1. The van der Waals surface area contributed by atoms with Crippen LogP contribution in [0.3, 0.4) is 0 Å². The summed E-state index contributed by atoms with van der Waals surface area (Å²) in [6, 6.07) is 7.62. The minimum Gasteiger partial charge on any atom is -0.376 e. The molecule has 5 nitrogen and oxygen atoms in total. The molecule has 0 saturated carbocycles. The topological polar surface area (TPSA) is 55.3 Å². The van der Waals surface area contributed by atoms with Crippen LogP contribution in [0.25, 0.3) is 0 Å². The lowest BCUT2D eigenvalue weighted by Gasteiger charge is -2.25. The van der Waals surface area contributed by atoms with Gasteiger partial charge in [-0.15, -0.1) is 0 Å². The molecule has 1 aliphatic rings. The van der Waals surface area contributed by atoms with Gasteiger partial charge in [0.05, 0.1) is 23.9 Å². The minimum atomic E-state index is -0.0256. The van der Waals surface area contributed by atoms with E-state index in [9.17, 15) is 4.79 Å². The molecule has 0 bridgehead atoms. The Kier molecular flexibility index (Phi) is 4.98. The molecular weight excluding hydrogens is 290 g/mol. The highest BCUT2D eigenvalue weighted by molar-refractivity contribution is 5.94. The van der Waals surface area contributed by atoms with Crippen LogP contribution in [0.1, 0.15) is 34.5 Å². The van der Waals surface area contributed by atoms with Gasteiger partial charge in [0.1, 0.15) is 0 Å². The molecule has 1 atom stereocenters. The zero-order valence-corrected chi connectivity index (χ0v) is 13.3. The molecule has 1 aliphatic heterocycles. The van der Waals surface area contributed by atoms with E-state index in [0.717, 1.165) is 30.7 Å². The van der Waals surface area contributed by atoms with Crippen molar-refractivity contribution in [1.82, 2.24) is 14.9 Å². The minimum absolute atomic E-state index is 0.0256. The molecule has 0 radical (unpaired) electrons. The summed E-state index contributed by atoms with van der Waals surface area (Å²) in [4.78, 5) is 23.2. The number of amides is 1. The van der Waals surface area contributed by atoms with Gasteiger partial charge in [-0.25, -0.2) is 0 Å². The third kappa shape index (κ3) is 4.13. The predicted molar refractivity (Wildman–Crippen MR) is 86.9 cm³/mol. The summed E-state index contributed by atoms with van der Waals surface area (Å²) in [6.07, 6.45) is 7.29. The number of aryl methyl sites for hydroxylation is 1. The van der Waals surface area contributed by atoms with Crippen LogP contribution in [0, 0.1) is 6.92 Å². The normalized spacial score (nSPS) is 17.2. The third-order valence-corrected chi connectivity index (χ3v) is 3.94. The highest BCUT2D eigenvalue weighted by atomic mass is 16.5. The van der Waals surface area contributed by atoms with Crippen LogP contribution in [-0.2, 0) is 11.3 Å². The third-order valence-electron chi connectivity index (χ3n) is 3.94. The molecule has 23 heavy (non-hydrogen) atoms. The zero-order valence-electron chi connectivity index (χ0n) is 13.3. The number of ether oxygens (including phenoxy) is 1. The molecule has 3 rings (SSSR count). The van der Waals surface area contributed by atoms with Gasteiger partial charge in [0.2, 0.25) is 0 Å². The van der Waals surface area contributed by atoms with Crippen molar-refractivity contribution in [1.29, 1.82) is 0 Å². The van der Waals surface area contributed by atoms with Crippen LogP contribution in [0.4, 0.5) is 0 Å². The van der Waals surface area contributed by atoms with Crippen LogP contribution < -0.4 is 0 Å². The molecule has 5 heteroatoms. The molecule has 1 saturated heterocycles. The van der Waals surface area contributed by atoms with Crippen molar-refractivity contribution in [3.63, 3.8) is 0 Å². The second-order valence-corrected chi connectivity index (χ2v) is 5.89. The van der Waals surface area contributed by atoms with E-state index in [0.29, 0.717) is 18.7 Å². The van der Waals surface area contributed by atoms with Crippen molar-refractivity contribution >= 4 is 5.91 Å². The first-order chi connectivity index (χ1) is 11.2. The summed E-state index contributed by atoms with van der Waals surface area (Å²) in [5.41, 5.74) is 2.46. The molecule has 0 aromatic carbocycles. The van der Waals surface area contributed by atoms with Crippen molar-refractivity contribution in [2.45, 2.75) is 32.4 Å². The first kappa shape index (κ1) is 15.6. The van der Waals surface area contributed by atoms with Gasteiger partial charge in [0, 0.05) is 31.7 Å². The molecule has 1 fully saturated rings. The van der Waals surface area contributed by atoms with Crippen molar-refractivity contribution in [3.8, 4) is 0 Å². The van der Waals surface area contributed by atoms with E-state index in [2.05, 4.69) is 9.97 Å². The maximum Gasteiger partial charge on any atom is 0.255 e. The maximum atomic E-state index is 12.9. The second-order valence-electron chi connectivity index (χ2n) is 5.89. The van der Waals surface area contributed by atoms with E-state index >= 15 is 0 Å². The summed E-state index contributed by atoms with van der Waals surface area (Å²) in [5, 5.41) is 0. The van der Waals surface area contributed by atoms with Crippen molar-refractivity contribution in [2.24, 2.45) is 0 Å². The molecule has 0 N–H and O–H groups in total. The maximum absolute atomic E-state index is 12.9. The van der Waals surface area contributed by atoms with Gasteiger partial charge < -0.3 is 9.64 Å². The molecule has 0 aliphatic carbocycles. The highest BCUT2D eigenvalue weighted by Crippen LogP contribution is 2.17. The molecule has 0 spiro atoms. The first-order valence-electron chi connectivity index (χ1n) is 7.95. The van der Waals surface area contributed by atoms with Crippen molar-refractivity contribution in [3.05, 3.63) is 59.7 Å². The van der Waals surface area contributed by atoms with Crippen LogP contribution in [0.5, 0.6) is 0 Å². The lowest BCUT2D eigenvalue weighted by Crippen LogP contribution is -2.37. The van der Waals surface area contributed by atoms with Crippen LogP contribution in [0.15, 0.2) is 42.9 Å². The first-order valence-corrected chi connectivity index (χ1v) is 7.95. The average molecular weight is 311 g/mol. The quantitative estimate of drug-likeness (QED) is 0.852. The van der Waals surface area contributed by atoms with E-state index in [4.69, 9.17) is 4.74 Å². The van der Waals surface area contributed by atoms with E-state index in [1.54, 1.807) is 18.6 Å². The fourth-order valence-electron chi connectivity index (χ4n) is 2.80. The summed E-state index contributed by atoms with van der Waals surface area (Å²) < 4.78 is 5.70. The van der Waals surface area contributed by atoms with E-state index < -0.39 is 0 Å². The number of rotatable bonds is 5. The predicted octanol–water partition coefficient (Wildman–Crippen LogP) is 2.61. The lowest BCUT2D eigenvalue weighted by molar-refractivity contribution is 0.0504. The molecular formula is C18H21N3O2. The fourth-order valence-corrected chi connectivity index (χ4v) is 2.80. The Bertz CT molecular complexity index is 654. The van der Waals surface area contributed by atoms with Gasteiger partial charge in [-0.3, -0.25) is 14.8 Å². The smallest absolute Gasteiger partial charge is 0.255 e. The van der Waals surface area contributed by atoms with E-state index in [1.165, 1.54) is 0 Å². The molecule has 2 aromatic heterocycles. The number of hydrogen-bond donors (Lipinski definition) is 0. The number of aromatic nitrogens is 2. The zero-order chi connectivity index (χ0) is 16.1. The summed E-state index contributed by atoms with van der Waals surface area (Å²) in [6.45, 7) is 3.78. The van der Waals surface area contributed by atoms with Gasteiger partial charge in [0.15, 0.2) is 0 Å². The Morgan fingerprint density at radius 1 is 1.39 bits per heavy atom. The molecule has 3 heterocycles. The summed E-state index contributed by atoms with van der Waals surface area (Å²) >= 11 is 0. The van der Waals surface area contributed by atoms with Gasteiger partial charge in [0.25, 0.3) is 5.91 Å². The largest absolute Gasteiger partial charge is 0.376 e. The highest BCUT2D eigenvalue weighted by Gasteiger charge is 2.24. The van der Waals surface area contributed by atoms with Crippen molar-refractivity contribution in [2.75, 3.05) is 13.2 Å². The number of carbonyl (C=O) groups is 1. The van der Waals surface area contributed by atoms with E-state index in [1.807, 2.05) is 36.1 Å². The SMILES string of the molecule is Cc1cncc(C(=O)N(Cc2ccccn2)C[C@@H]2CCCO2)c1. The standard InChI is InChI=1S/C18H21N3O2/c1-14-9-15(11-19-10-14)18(22)21(13-17-6-4-8-23-17)12-16-5-2-3-7-20-16/h2-3,5,7,9-11,17H,4,6,8,12-13H2,1H3/t17-/m0/s1. The van der Waals surface area contributed by atoms with Gasteiger partial charge in [-0.2, -0.15) is 0 Å². The fraction of sp³-hybridized carbons (Fsp3) is 0.389. The van der Waals surface area contributed by atoms with E-state index in [-0.39, 0.29) is 12.0 Å². The Morgan fingerprint density at radius 3 is 3.00 bits per heavy atom. The molecule has 120 valence electrons. The van der Waals surface area contributed by atoms with Gasteiger partial charge in [-0.1, -0.05) is 6.07 Å². The van der Waals surface area contributed by atoms with Gasteiger partial charge >= 0.3 is 0 Å². The lowest BCUT2D eigenvalue weighted by atomic mass is 10.1. The van der Waals surface area contributed by atoms with Gasteiger partial charge in [-0.05, 0) is 43.5 Å². The molecule has 2 aromatic rings. The Balaban J connectivity index is 1.79. The Morgan fingerprint density at radius 2 is 2.30 bits per heavy atom. The van der Waals surface area contributed by atoms with Crippen molar-refractivity contribution < 1.29 is 9.53 Å². The second kappa shape index (κ2) is 7.33. The van der Waals surface area contributed by atoms with Crippen LogP contribution in [0.2, 0.25) is 0 Å². The molecule has 0 unspecified atom stereocenters. The summed E-state index contributed by atoms with van der Waals surface area (Å²) in [7, 11) is 0.